The van der Waals surface area contributed by atoms with Crippen molar-refractivity contribution in [3.8, 4) is 0 Å². The molecule has 1 saturated heterocycles. The van der Waals surface area contributed by atoms with Gasteiger partial charge < -0.3 is 21.7 Å². The zero-order valence-corrected chi connectivity index (χ0v) is 16.2. The van der Waals surface area contributed by atoms with Crippen molar-refractivity contribution in [1.82, 2.24) is 20.3 Å². The molecule has 5 N–H and O–H groups in total. The van der Waals surface area contributed by atoms with E-state index in [1.54, 1.807) is 6.20 Å². The Morgan fingerprint density at radius 1 is 1.04 bits per heavy atom. The number of rotatable bonds is 4. The lowest BCUT2D eigenvalue weighted by Gasteiger charge is -2.46. The number of hydrogen-bond acceptors (Lipinski definition) is 7. The van der Waals surface area contributed by atoms with Crippen LogP contribution < -0.4 is 21.7 Å². The molecule has 7 heteroatoms. The molecule has 0 aliphatic carbocycles. The molecule has 26 heavy (non-hydrogen) atoms. The van der Waals surface area contributed by atoms with Gasteiger partial charge in [-0.2, -0.15) is 0 Å². The molecule has 3 rings (SSSR count). The van der Waals surface area contributed by atoms with Gasteiger partial charge in [0.25, 0.3) is 0 Å². The van der Waals surface area contributed by atoms with Gasteiger partial charge in [-0.1, -0.05) is 6.07 Å². The summed E-state index contributed by atoms with van der Waals surface area (Å²) in [4.78, 5) is 13.0. The molecule has 1 fully saturated rings. The van der Waals surface area contributed by atoms with Gasteiger partial charge in [-0.15, -0.1) is 0 Å². The van der Waals surface area contributed by atoms with E-state index in [1.165, 1.54) is 6.33 Å². The third-order valence-electron chi connectivity index (χ3n) is 4.66. The van der Waals surface area contributed by atoms with Crippen molar-refractivity contribution in [3.63, 3.8) is 0 Å². The van der Waals surface area contributed by atoms with Crippen molar-refractivity contribution in [1.29, 1.82) is 0 Å². The Morgan fingerprint density at radius 2 is 1.69 bits per heavy atom. The Labute approximate surface area is 155 Å². The quantitative estimate of drug-likeness (QED) is 0.668. The van der Waals surface area contributed by atoms with Gasteiger partial charge >= 0.3 is 0 Å². The lowest BCUT2D eigenvalue weighted by atomic mass is 9.79. The van der Waals surface area contributed by atoms with Crippen molar-refractivity contribution >= 4 is 23.1 Å². The van der Waals surface area contributed by atoms with Gasteiger partial charge in [0, 0.05) is 23.3 Å². The van der Waals surface area contributed by atoms with E-state index >= 15 is 0 Å². The highest BCUT2D eigenvalue weighted by molar-refractivity contribution is 5.77. The second-order valence-corrected chi connectivity index (χ2v) is 8.42. The summed E-state index contributed by atoms with van der Waals surface area (Å²) in [5.74, 6) is 1.97. The molecule has 0 bridgehead atoms. The van der Waals surface area contributed by atoms with E-state index in [2.05, 4.69) is 58.6 Å². The van der Waals surface area contributed by atoms with Gasteiger partial charge in [-0.05, 0) is 59.1 Å². The normalized spacial score (nSPS) is 19.1. The number of nitrogens with one attached hydrogen (secondary N) is 3. The van der Waals surface area contributed by atoms with Gasteiger partial charge in [0.1, 0.15) is 17.8 Å². The van der Waals surface area contributed by atoms with Crippen LogP contribution in [0.2, 0.25) is 0 Å². The molecule has 1 aliphatic rings. The number of pyridine rings is 1. The van der Waals surface area contributed by atoms with Crippen LogP contribution in [-0.4, -0.2) is 32.1 Å². The number of aromatic nitrogens is 3. The molecule has 0 radical (unpaired) electrons. The Bertz CT molecular complexity index is 769. The van der Waals surface area contributed by atoms with E-state index in [9.17, 15) is 0 Å². The predicted octanol–water partition coefficient (Wildman–Crippen LogP) is 3.23. The smallest absolute Gasteiger partial charge is 0.160 e. The van der Waals surface area contributed by atoms with Crippen molar-refractivity contribution in [2.75, 3.05) is 16.4 Å². The lowest BCUT2D eigenvalue weighted by molar-refractivity contribution is 0.170. The minimum Gasteiger partial charge on any atom is -0.393 e. The van der Waals surface area contributed by atoms with E-state index in [4.69, 9.17) is 5.73 Å². The molecule has 2 aromatic heterocycles. The van der Waals surface area contributed by atoms with Gasteiger partial charge in [-0.3, -0.25) is 0 Å². The topological polar surface area (TPSA) is 101 Å². The third-order valence-corrected chi connectivity index (χ3v) is 4.66. The number of nitrogen functional groups attached to an aromatic ring is 1. The van der Waals surface area contributed by atoms with E-state index in [-0.39, 0.29) is 17.1 Å². The maximum atomic E-state index is 6.34. The fourth-order valence-corrected chi connectivity index (χ4v) is 3.96. The van der Waals surface area contributed by atoms with Crippen LogP contribution >= 0.6 is 0 Å². The van der Waals surface area contributed by atoms with Crippen molar-refractivity contribution < 1.29 is 0 Å². The molecule has 7 nitrogen and oxygen atoms in total. The third kappa shape index (κ3) is 4.22. The molecule has 0 spiro atoms. The van der Waals surface area contributed by atoms with Gasteiger partial charge in [0.15, 0.2) is 11.6 Å². The maximum absolute atomic E-state index is 6.34. The molecule has 0 saturated carbocycles. The molecular formula is C19H29N7. The fourth-order valence-electron chi connectivity index (χ4n) is 3.96. The standard InChI is InChI=1S/C19H29N7/c1-12-7-6-8-21-15(12)25-17-14(20)16(22-11-23-17)24-13-9-18(2,3)26-19(4,5)10-13/h6-8,11,13,26H,9-10,20H2,1-5H3,(H2,21,22,23,24,25). The van der Waals surface area contributed by atoms with E-state index in [1.807, 2.05) is 19.1 Å². The summed E-state index contributed by atoms with van der Waals surface area (Å²) >= 11 is 0. The fraction of sp³-hybridized carbons (Fsp3) is 0.526. The summed E-state index contributed by atoms with van der Waals surface area (Å²) in [6.45, 7) is 10.9. The number of piperidine rings is 1. The number of hydrogen-bond donors (Lipinski definition) is 4. The Kier molecular flexibility index (Phi) is 4.75. The second kappa shape index (κ2) is 6.72. The molecule has 2 aromatic rings. The van der Waals surface area contributed by atoms with E-state index < -0.39 is 0 Å². The van der Waals surface area contributed by atoms with E-state index in [0.717, 1.165) is 24.2 Å². The summed E-state index contributed by atoms with van der Waals surface area (Å²) in [6.07, 6.45) is 5.24. The Balaban J connectivity index is 1.80. The first-order chi connectivity index (χ1) is 12.2. The van der Waals surface area contributed by atoms with Crippen molar-refractivity contribution in [2.24, 2.45) is 0 Å². The number of nitrogens with two attached hydrogens (primary N) is 1. The largest absolute Gasteiger partial charge is 0.393 e. The maximum Gasteiger partial charge on any atom is 0.160 e. The molecule has 0 unspecified atom stereocenters. The molecule has 1 aliphatic heterocycles. The average molecular weight is 355 g/mol. The summed E-state index contributed by atoms with van der Waals surface area (Å²) in [7, 11) is 0. The molecule has 140 valence electrons. The number of nitrogens with zero attached hydrogens (tertiary/aromatic N) is 3. The molecule has 3 heterocycles. The zero-order valence-electron chi connectivity index (χ0n) is 16.2. The summed E-state index contributed by atoms with van der Waals surface area (Å²) in [5.41, 5.74) is 7.97. The Morgan fingerprint density at radius 3 is 2.35 bits per heavy atom. The number of aryl methyl sites for hydroxylation is 1. The average Bonchev–Trinajstić information content (AvgIpc) is 2.50. The van der Waals surface area contributed by atoms with Crippen LogP contribution in [0.25, 0.3) is 0 Å². The summed E-state index contributed by atoms with van der Waals surface area (Å²) in [5, 5.41) is 10.4. The van der Waals surface area contributed by atoms with Crippen LogP contribution in [0.5, 0.6) is 0 Å². The first-order valence-electron chi connectivity index (χ1n) is 9.00. The summed E-state index contributed by atoms with van der Waals surface area (Å²) in [6, 6.07) is 4.17. The minimum atomic E-state index is 0.0490. The first kappa shape index (κ1) is 18.4. The molecule has 0 atom stereocenters. The van der Waals surface area contributed by atoms with Crippen LogP contribution in [0.4, 0.5) is 23.1 Å². The Hall–Kier alpha value is -2.41. The molecule has 0 amide bonds. The summed E-state index contributed by atoms with van der Waals surface area (Å²) < 4.78 is 0. The van der Waals surface area contributed by atoms with Gasteiger partial charge in [0.05, 0.1) is 0 Å². The highest BCUT2D eigenvalue weighted by Crippen LogP contribution is 2.32. The predicted molar refractivity (Wildman–Crippen MR) is 107 cm³/mol. The highest BCUT2D eigenvalue weighted by Gasteiger charge is 2.37. The van der Waals surface area contributed by atoms with E-state index in [0.29, 0.717) is 17.3 Å². The monoisotopic (exact) mass is 355 g/mol. The van der Waals surface area contributed by atoms with Crippen LogP contribution in [0.3, 0.4) is 0 Å². The van der Waals surface area contributed by atoms with Crippen LogP contribution in [0, 0.1) is 6.92 Å². The van der Waals surface area contributed by atoms with Crippen LogP contribution in [-0.2, 0) is 0 Å². The lowest BCUT2D eigenvalue weighted by Crippen LogP contribution is -2.60. The van der Waals surface area contributed by atoms with Crippen LogP contribution in [0.1, 0.15) is 46.1 Å². The molecule has 0 aromatic carbocycles. The minimum absolute atomic E-state index is 0.0490. The molecular weight excluding hydrogens is 326 g/mol. The second-order valence-electron chi connectivity index (χ2n) is 8.42. The van der Waals surface area contributed by atoms with Gasteiger partial charge in [-0.25, -0.2) is 15.0 Å². The van der Waals surface area contributed by atoms with Gasteiger partial charge in [0.2, 0.25) is 0 Å². The first-order valence-corrected chi connectivity index (χ1v) is 9.00. The number of anilines is 4. The zero-order chi connectivity index (χ0) is 18.9. The highest BCUT2D eigenvalue weighted by atomic mass is 15.1. The van der Waals surface area contributed by atoms with Crippen LogP contribution in [0.15, 0.2) is 24.7 Å². The SMILES string of the molecule is Cc1cccnc1Nc1ncnc(NC2CC(C)(C)NC(C)(C)C2)c1N. The van der Waals surface area contributed by atoms with Crippen molar-refractivity contribution in [2.45, 2.75) is 64.6 Å². The van der Waals surface area contributed by atoms with Crippen molar-refractivity contribution in [3.05, 3.63) is 30.2 Å².